The molecule has 1 aliphatic carbocycles. The number of amides is 1. The Kier molecular flexibility index (Phi) is 5.09. The number of benzene rings is 2. The third kappa shape index (κ3) is 3.58. The van der Waals surface area contributed by atoms with Crippen molar-refractivity contribution in [2.45, 2.75) is 44.3 Å². The predicted octanol–water partition coefficient (Wildman–Crippen LogP) is 6.21. The van der Waals surface area contributed by atoms with Crippen LogP contribution in [0.15, 0.2) is 48.2 Å². The maximum absolute atomic E-state index is 13.3. The van der Waals surface area contributed by atoms with Gasteiger partial charge in [-0.05, 0) is 66.6 Å². The Morgan fingerprint density at radius 2 is 1.80 bits per heavy atom. The molecule has 0 aromatic heterocycles. The fraction of sp³-hybridized carbons (Fsp3) is 0.348. The highest BCUT2D eigenvalue weighted by atomic mass is 35.5. The number of aliphatic hydroxyl groups excluding tert-OH is 1. The minimum absolute atomic E-state index is 0.00874. The van der Waals surface area contributed by atoms with E-state index in [2.05, 4.69) is 5.32 Å². The first-order chi connectivity index (χ1) is 14.1. The van der Waals surface area contributed by atoms with Gasteiger partial charge in [-0.1, -0.05) is 42.3 Å². The number of aliphatic hydroxyl groups is 1. The highest BCUT2D eigenvalue weighted by Crippen LogP contribution is 2.48. The molecule has 1 saturated carbocycles. The van der Waals surface area contributed by atoms with E-state index in [1.54, 1.807) is 25.1 Å². The van der Waals surface area contributed by atoms with Crippen LogP contribution < -0.4 is 5.32 Å². The molecule has 0 saturated heterocycles. The number of halogens is 4. The lowest BCUT2D eigenvalue weighted by atomic mass is 9.74. The van der Waals surface area contributed by atoms with Crippen molar-refractivity contribution >= 4 is 23.1 Å². The van der Waals surface area contributed by atoms with Crippen LogP contribution in [0.4, 0.5) is 13.2 Å². The van der Waals surface area contributed by atoms with Gasteiger partial charge >= 0.3 is 6.18 Å². The molecule has 1 fully saturated rings. The number of aryl methyl sites for hydroxylation is 1. The van der Waals surface area contributed by atoms with Crippen molar-refractivity contribution in [1.82, 2.24) is 5.32 Å². The van der Waals surface area contributed by atoms with Crippen LogP contribution >= 0.6 is 11.6 Å². The Hall–Kier alpha value is -2.47. The highest BCUT2D eigenvalue weighted by Gasteiger charge is 2.54. The van der Waals surface area contributed by atoms with E-state index in [0.29, 0.717) is 10.6 Å². The molecule has 2 aromatic carbocycles. The van der Waals surface area contributed by atoms with E-state index in [1.165, 1.54) is 0 Å². The fourth-order valence-electron chi connectivity index (χ4n) is 4.53. The molecule has 7 heteroatoms. The summed E-state index contributed by atoms with van der Waals surface area (Å²) in [6.07, 6.45) is -4.12. The van der Waals surface area contributed by atoms with Crippen LogP contribution in [0.1, 0.15) is 36.8 Å². The lowest BCUT2D eigenvalue weighted by molar-refractivity contribution is -0.187. The average Bonchev–Trinajstić information content (AvgIpc) is 2.92. The van der Waals surface area contributed by atoms with Gasteiger partial charge in [-0.15, -0.1) is 0 Å². The monoisotopic (exact) mass is 435 g/mol. The van der Waals surface area contributed by atoms with Crippen molar-refractivity contribution in [3.8, 4) is 11.1 Å². The summed E-state index contributed by atoms with van der Waals surface area (Å²) in [7, 11) is 0. The second kappa shape index (κ2) is 7.34. The van der Waals surface area contributed by atoms with E-state index in [-0.39, 0.29) is 37.0 Å². The van der Waals surface area contributed by atoms with Gasteiger partial charge in [0.1, 0.15) is 5.76 Å². The van der Waals surface area contributed by atoms with Crippen LogP contribution in [0, 0.1) is 12.8 Å². The second-order valence-corrected chi connectivity index (χ2v) is 8.57. The Balaban J connectivity index is 1.77. The molecule has 4 rings (SSSR count). The lowest BCUT2D eigenvalue weighted by Gasteiger charge is -2.38. The zero-order valence-electron chi connectivity index (χ0n) is 16.3. The van der Waals surface area contributed by atoms with Gasteiger partial charge < -0.3 is 10.4 Å². The van der Waals surface area contributed by atoms with Gasteiger partial charge in [0.05, 0.1) is 17.0 Å². The SMILES string of the molecule is Cc1ccc(-c2ccc(Cl)cc2)cc1C1=C(O)[C@@]2(CCC[C@H](C(F)(F)F)C2)NC1=O. The van der Waals surface area contributed by atoms with Crippen LogP contribution in [-0.4, -0.2) is 22.7 Å². The number of nitrogens with one attached hydrogen (secondary N) is 1. The second-order valence-electron chi connectivity index (χ2n) is 8.13. The third-order valence-corrected chi connectivity index (χ3v) is 6.42. The summed E-state index contributed by atoms with van der Waals surface area (Å²) in [4.78, 5) is 12.8. The van der Waals surface area contributed by atoms with E-state index in [4.69, 9.17) is 11.6 Å². The Morgan fingerprint density at radius 1 is 1.13 bits per heavy atom. The molecule has 2 atom stereocenters. The first-order valence-electron chi connectivity index (χ1n) is 9.81. The van der Waals surface area contributed by atoms with Gasteiger partial charge in [-0.3, -0.25) is 4.79 Å². The number of carbonyl (C=O) groups excluding carboxylic acids is 1. The zero-order valence-corrected chi connectivity index (χ0v) is 17.1. The van der Waals surface area contributed by atoms with E-state index < -0.39 is 23.5 Å². The molecule has 1 aliphatic heterocycles. The van der Waals surface area contributed by atoms with E-state index in [1.807, 2.05) is 24.3 Å². The van der Waals surface area contributed by atoms with E-state index in [0.717, 1.165) is 16.7 Å². The van der Waals surface area contributed by atoms with E-state index in [9.17, 15) is 23.1 Å². The molecule has 2 aliphatic rings. The van der Waals surface area contributed by atoms with Crippen molar-refractivity contribution in [2.75, 3.05) is 0 Å². The highest BCUT2D eigenvalue weighted by molar-refractivity contribution is 6.30. The van der Waals surface area contributed by atoms with Crippen LogP contribution in [0.5, 0.6) is 0 Å². The quantitative estimate of drug-likeness (QED) is 0.589. The van der Waals surface area contributed by atoms with Gasteiger partial charge in [0, 0.05) is 5.02 Å². The zero-order chi connectivity index (χ0) is 21.7. The molecular weight excluding hydrogens is 415 g/mol. The van der Waals surface area contributed by atoms with Crippen LogP contribution in [0.3, 0.4) is 0 Å². The van der Waals surface area contributed by atoms with Gasteiger partial charge in [0.25, 0.3) is 5.91 Å². The summed E-state index contributed by atoms with van der Waals surface area (Å²) in [6.45, 7) is 1.80. The molecule has 30 heavy (non-hydrogen) atoms. The smallest absolute Gasteiger partial charge is 0.391 e. The molecule has 2 N–H and O–H groups in total. The predicted molar refractivity (Wildman–Crippen MR) is 110 cm³/mol. The molecule has 158 valence electrons. The summed E-state index contributed by atoms with van der Waals surface area (Å²) in [6, 6.07) is 12.7. The molecule has 1 heterocycles. The molecule has 0 bridgehead atoms. The number of alkyl halides is 3. The number of hydrogen-bond acceptors (Lipinski definition) is 2. The summed E-state index contributed by atoms with van der Waals surface area (Å²) in [5.41, 5.74) is 1.68. The van der Waals surface area contributed by atoms with Crippen LogP contribution in [-0.2, 0) is 4.79 Å². The van der Waals surface area contributed by atoms with Gasteiger partial charge in [-0.2, -0.15) is 13.2 Å². The van der Waals surface area contributed by atoms with Gasteiger partial charge in [-0.25, -0.2) is 0 Å². The number of carbonyl (C=O) groups is 1. The summed E-state index contributed by atoms with van der Waals surface area (Å²) < 4.78 is 40.0. The Labute approximate surface area is 177 Å². The first-order valence-corrected chi connectivity index (χ1v) is 10.2. The van der Waals surface area contributed by atoms with Crippen molar-refractivity contribution in [3.63, 3.8) is 0 Å². The molecule has 1 spiro atoms. The minimum atomic E-state index is -4.36. The molecule has 0 radical (unpaired) electrons. The Morgan fingerprint density at radius 3 is 2.47 bits per heavy atom. The third-order valence-electron chi connectivity index (χ3n) is 6.17. The maximum atomic E-state index is 13.3. The minimum Gasteiger partial charge on any atom is -0.509 e. The van der Waals surface area contributed by atoms with Gasteiger partial charge in [0.15, 0.2) is 0 Å². The number of rotatable bonds is 2. The lowest BCUT2D eigenvalue weighted by Crippen LogP contribution is -2.50. The van der Waals surface area contributed by atoms with Crippen LogP contribution in [0.25, 0.3) is 16.7 Å². The van der Waals surface area contributed by atoms with Crippen LogP contribution in [0.2, 0.25) is 5.02 Å². The molecule has 0 unspecified atom stereocenters. The Bertz CT molecular complexity index is 1030. The topological polar surface area (TPSA) is 49.3 Å². The van der Waals surface area contributed by atoms with Crippen molar-refractivity contribution < 1.29 is 23.1 Å². The van der Waals surface area contributed by atoms with Crippen molar-refractivity contribution in [2.24, 2.45) is 5.92 Å². The fourth-order valence-corrected chi connectivity index (χ4v) is 4.66. The molecule has 2 aromatic rings. The molecule has 1 amide bonds. The molecular formula is C23H21ClF3NO2. The van der Waals surface area contributed by atoms with Crippen molar-refractivity contribution in [3.05, 3.63) is 64.4 Å². The van der Waals surface area contributed by atoms with E-state index >= 15 is 0 Å². The maximum Gasteiger partial charge on any atom is 0.391 e. The van der Waals surface area contributed by atoms with Gasteiger partial charge in [0.2, 0.25) is 0 Å². The molecule has 3 nitrogen and oxygen atoms in total. The summed E-state index contributed by atoms with van der Waals surface area (Å²) in [5, 5.41) is 14.3. The summed E-state index contributed by atoms with van der Waals surface area (Å²) in [5.74, 6) is -2.36. The number of hydrogen-bond donors (Lipinski definition) is 2. The first kappa shape index (κ1) is 20.8. The standard InChI is InChI=1S/C23H21ClF3NO2/c1-13-4-5-15(14-6-8-17(24)9-7-14)11-18(13)19-20(29)22(28-21(19)30)10-2-3-16(12-22)23(25,26)27/h4-9,11,16,29H,2-3,10,12H2,1H3,(H,28,30)/t16-,22-/m0/s1. The largest absolute Gasteiger partial charge is 0.509 e. The summed E-state index contributed by atoms with van der Waals surface area (Å²) >= 11 is 5.95. The van der Waals surface area contributed by atoms with Crippen molar-refractivity contribution in [1.29, 1.82) is 0 Å². The average molecular weight is 436 g/mol. The normalized spacial score (nSPS) is 24.4.